The molecule has 1 spiro atoms. The Bertz CT molecular complexity index is 1180. The first-order chi connectivity index (χ1) is 17.2. The quantitative estimate of drug-likeness (QED) is 0.466. The zero-order valence-corrected chi connectivity index (χ0v) is 21.9. The molecule has 9 nitrogen and oxygen atoms in total. The van der Waals surface area contributed by atoms with Gasteiger partial charge in [-0.05, 0) is 55.4 Å². The number of hydrogen-bond acceptors (Lipinski definition) is 6. The van der Waals surface area contributed by atoms with Gasteiger partial charge in [0.2, 0.25) is 0 Å². The second-order valence-corrected chi connectivity index (χ2v) is 12.4. The molecule has 202 valence electrons. The summed E-state index contributed by atoms with van der Waals surface area (Å²) in [6.45, 7) is 8.66. The van der Waals surface area contributed by atoms with E-state index in [1.165, 1.54) is 11.0 Å². The number of nitrogens with zero attached hydrogens (tertiary/aromatic N) is 1. The molecule has 2 aliphatic carbocycles. The number of ether oxygens (including phenoxy) is 1. The van der Waals surface area contributed by atoms with Crippen LogP contribution in [0.2, 0.25) is 0 Å². The van der Waals surface area contributed by atoms with E-state index in [0.717, 1.165) is 19.3 Å². The number of carbonyl (C=O) groups is 3. The molecule has 1 aromatic rings. The number of rotatable bonds is 5. The number of phenols is 1. The van der Waals surface area contributed by atoms with Crippen molar-refractivity contribution in [1.29, 1.82) is 0 Å². The lowest BCUT2D eigenvalue weighted by atomic mass is 9.43. The Hall–Kier alpha value is -2.81. The molecule has 5 rings (SSSR count). The number of aliphatic carboxylic acids is 2. The maximum Gasteiger partial charge on any atom is 0.326 e. The predicted molar refractivity (Wildman–Crippen MR) is 132 cm³/mol. The number of aromatic hydroxyl groups is 1. The normalized spacial score (nSPS) is 34.5. The molecular weight excluding hydrogens is 478 g/mol. The summed E-state index contributed by atoms with van der Waals surface area (Å²) in [4.78, 5) is 37.6. The summed E-state index contributed by atoms with van der Waals surface area (Å²) >= 11 is 0. The number of benzene rings is 1. The number of hydrogen-bond donors (Lipinski definition) is 4. The summed E-state index contributed by atoms with van der Waals surface area (Å²) in [5.74, 6) is -2.14. The molecule has 0 aromatic heterocycles. The largest absolute Gasteiger partial charge is 0.508 e. The summed E-state index contributed by atoms with van der Waals surface area (Å²) in [5, 5.41) is 40.8. The van der Waals surface area contributed by atoms with Crippen molar-refractivity contribution in [3.63, 3.8) is 0 Å². The summed E-state index contributed by atoms with van der Waals surface area (Å²) < 4.78 is 6.95. The molecular formula is C28H37NO8. The minimum Gasteiger partial charge on any atom is -0.508 e. The maximum absolute atomic E-state index is 13.3. The van der Waals surface area contributed by atoms with E-state index in [2.05, 4.69) is 27.7 Å². The molecule has 1 amide bonds. The fourth-order valence-corrected chi connectivity index (χ4v) is 8.22. The van der Waals surface area contributed by atoms with E-state index in [1.807, 2.05) is 0 Å². The highest BCUT2D eigenvalue weighted by Gasteiger charge is 2.67. The molecule has 4 N–H and O–H groups in total. The van der Waals surface area contributed by atoms with Gasteiger partial charge in [-0.3, -0.25) is 9.59 Å². The van der Waals surface area contributed by atoms with E-state index >= 15 is 0 Å². The van der Waals surface area contributed by atoms with Gasteiger partial charge in [0.25, 0.3) is 5.91 Å². The molecule has 37 heavy (non-hydrogen) atoms. The Balaban J connectivity index is 1.55. The van der Waals surface area contributed by atoms with Gasteiger partial charge in [-0.2, -0.15) is 0 Å². The van der Waals surface area contributed by atoms with Crippen LogP contribution in [0.15, 0.2) is 6.07 Å². The fourth-order valence-electron chi connectivity index (χ4n) is 8.22. The topological polar surface area (TPSA) is 145 Å². The Morgan fingerprint density at radius 1 is 1.16 bits per heavy atom. The lowest BCUT2D eigenvalue weighted by Crippen LogP contribution is -2.66. The van der Waals surface area contributed by atoms with E-state index < -0.39 is 35.6 Å². The zero-order chi connectivity index (χ0) is 27.1. The molecule has 6 atom stereocenters. The first-order valence-electron chi connectivity index (χ1n) is 13.2. The van der Waals surface area contributed by atoms with Gasteiger partial charge in [0.1, 0.15) is 23.1 Å². The average molecular weight is 516 g/mol. The van der Waals surface area contributed by atoms with Gasteiger partial charge >= 0.3 is 11.9 Å². The minimum atomic E-state index is -1.29. The molecule has 0 saturated heterocycles. The Morgan fingerprint density at radius 2 is 1.86 bits per heavy atom. The molecule has 2 heterocycles. The minimum absolute atomic E-state index is 0.0117. The van der Waals surface area contributed by atoms with Gasteiger partial charge in [0, 0.05) is 29.4 Å². The predicted octanol–water partition coefficient (Wildman–Crippen LogP) is 3.57. The van der Waals surface area contributed by atoms with Crippen LogP contribution in [-0.2, 0) is 22.6 Å². The Morgan fingerprint density at radius 3 is 2.51 bits per heavy atom. The van der Waals surface area contributed by atoms with Gasteiger partial charge in [0.15, 0.2) is 0 Å². The summed E-state index contributed by atoms with van der Waals surface area (Å²) in [6.07, 6.45) is 2.83. The van der Waals surface area contributed by atoms with Crippen molar-refractivity contribution in [3.05, 3.63) is 22.8 Å². The van der Waals surface area contributed by atoms with Crippen molar-refractivity contribution in [2.45, 2.75) is 96.9 Å². The second kappa shape index (κ2) is 8.35. The molecule has 0 bridgehead atoms. The number of amides is 1. The van der Waals surface area contributed by atoms with Crippen LogP contribution in [0.1, 0.15) is 87.7 Å². The highest BCUT2D eigenvalue weighted by Crippen LogP contribution is 2.67. The number of carboxylic acids is 2. The molecule has 2 aliphatic heterocycles. The number of phenolic OH excluding ortho intramolecular Hbond substituents is 1. The van der Waals surface area contributed by atoms with Gasteiger partial charge in [-0.1, -0.05) is 27.7 Å². The Labute approximate surface area is 216 Å². The van der Waals surface area contributed by atoms with Crippen LogP contribution in [0.3, 0.4) is 0 Å². The van der Waals surface area contributed by atoms with Crippen molar-refractivity contribution in [1.82, 2.24) is 4.90 Å². The molecule has 4 aliphatic rings. The summed E-state index contributed by atoms with van der Waals surface area (Å²) in [5.41, 5.74) is 0.202. The van der Waals surface area contributed by atoms with Gasteiger partial charge < -0.3 is 30.1 Å². The molecule has 2 saturated carbocycles. The van der Waals surface area contributed by atoms with Gasteiger partial charge in [-0.15, -0.1) is 0 Å². The van der Waals surface area contributed by atoms with Crippen LogP contribution >= 0.6 is 0 Å². The van der Waals surface area contributed by atoms with E-state index in [0.29, 0.717) is 29.7 Å². The lowest BCUT2D eigenvalue weighted by molar-refractivity contribution is -0.210. The molecule has 1 aromatic carbocycles. The van der Waals surface area contributed by atoms with E-state index in [1.54, 1.807) is 0 Å². The molecule has 9 heteroatoms. The van der Waals surface area contributed by atoms with Crippen LogP contribution in [0.4, 0.5) is 0 Å². The number of carboxylic acid groups (broad SMARTS) is 2. The zero-order valence-electron chi connectivity index (χ0n) is 21.9. The van der Waals surface area contributed by atoms with Crippen LogP contribution < -0.4 is 4.74 Å². The second-order valence-electron chi connectivity index (χ2n) is 12.4. The third-order valence-electron chi connectivity index (χ3n) is 10.4. The van der Waals surface area contributed by atoms with E-state index in [-0.39, 0.29) is 53.4 Å². The first-order valence-corrected chi connectivity index (χ1v) is 13.2. The highest BCUT2D eigenvalue weighted by molar-refractivity contribution is 6.02. The van der Waals surface area contributed by atoms with E-state index in [9.17, 15) is 29.7 Å². The number of aliphatic hydroxyl groups excluding tert-OH is 1. The average Bonchev–Trinajstić information content (AvgIpc) is 3.36. The van der Waals surface area contributed by atoms with Crippen molar-refractivity contribution in [3.8, 4) is 11.5 Å². The number of carbonyl (C=O) groups excluding carboxylic acids is 1. The number of fused-ring (bicyclic) bond motifs is 5. The molecule has 1 unspecified atom stereocenters. The van der Waals surface area contributed by atoms with Crippen molar-refractivity contribution < 1.29 is 39.5 Å². The van der Waals surface area contributed by atoms with Crippen LogP contribution in [0.5, 0.6) is 11.5 Å². The third kappa shape index (κ3) is 3.49. The Kier molecular flexibility index (Phi) is 5.83. The van der Waals surface area contributed by atoms with Crippen molar-refractivity contribution >= 4 is 17.8 Å². The maximum atomic E-state index is 13.3. The smallest absolute Gasteiger partial charge is 0.326 e. The first kappa shape index (κ1) is 25.8. The summed E-state index contributed by atoms with van der Waals surface area (Å²) in [6, 6.07) is 0.122. The SMILES string of the molecule is C[C@@H]1CCC2C(C)(C)[C@H](O)CC[C@]2(C)[C@@]12Cc1c(O)cc3c(c1O2)CN([C@@H](CCC(=O)O)C(=O)O)C3=O. The lowest BCUT2D eigenvalue weighted by Gasteiger charge is -2.64. The highest BCUT2D eigenvalue weighted by atomic mass is 16.5. The van der Waals surface area contributed by atoms with Crippen molar-refractivity contribution in [2.24, 2.45) is 22.7 Å². The van der Waals surface area contributed by atoms with E-state index in [4.69, 9.17) is 9.84 Å². The standard InChI is InChI=1S/C28H37NO8/c1-14-5-7-20-26(2,3)21(31)9-10-27(20,4)28(14)12-16-19(30)11-15-17(23(16)37-28)13-29(24(15)34)18(25(35)36)6-8-22(32)33/h11,14,18,20-21,30-31H,5-10,12-13H2,1-4H3,(H,32,33)(H,35,36)/t14-,18+,20?,21-,27+,28-/m1/s1. The van der Waals surface area contributed by atoms with Gasteiger partial charge in [-0.25, -0.2) is 4.79 Å². The monoisotopic (exact) mass is 515 g/mol. The molecule has 2 fully saturated rings. The van der Waals surface area contributed by atoms with Crippen LogP contribution in [-0.4, -0.2) is 60.9 Å². The van der Waals surface area contributed by atoms with Gasteiger partial charge in [0.05, 0.1) is 18.2 Å². The molecule has 0 radical (unpaired) electrons. The number of aliphatic hydroxyl groups is 1. The fraction of sp³-hybridized carbons (Fsp3) is 0.679. The van der Waals surface area contributed by atoms with Crippen LogP contribution in [0.25, 0.3) is 0 Å². The van der Waals surface area contributed by atoms with Crippen LogP contribution in [0, 0.1) is 22.7 Å². The third-order valence-corrected chi connectivity index (χ3v) is 10.4. The summed E-state index contributed by atoms with van der Waals surface area (Å²) in [7, 11) is 0. The van der Waals surface area contributed by atoms with Crippen molar-refractivity contribution in [2.75, 3.05) is 0 Å².